The molecule has 2 aromatic carbocycles. The summed E-state index contributed by atoms with van der Waals surface area (Å²) in [5.41, 5.74) is 4.34. The minimum atomic E-state index is 0.282. The molecule has 1 saturated carbocycles. The minimum absolute atomic E-state index is 0.282. The summed E-state index contributed by atoms with van der Waals surface area (Å²) < 4.78 is 7.37. The Morgan fingerprint density at radius 1 is 0.974 bits per heavy atom. The molecule has 0 bridgehead atoms. The molecule has 38 heavy (non-hydrogen) atoms. The van der Waals surface area contributed by atoms with Gasteiger partial charge in [0.05, 0.1) is 24.2 Å². The fourth-order valence-corrected chi connectivity index (χ4v) is 5.53. The maximum atomic E-state index is 12.1. The molecule has 1 heterocycles. The number of hydrogen-bond acceptors (Lipinski definition) is 5. The standard InChI is InChI=1S/C31H42N4O2S/c1-37-28-18-14-24(15-19-28)30-23-26(34-35(30)27-16-20-29(38-32)21-17-27)13-7-5-3-2-4-6-10-22-33-31(36)25-11-8-9-12-25/h14-21,23,25H,2-13,22,32H2,1H3,(H,33,36). The largest absolute Gasteiger partial charge is 0.497 e. The summed E-state index contributed by atoms with van der Waals surface area (Å²) in [6, 6.07) is 18.6. The van der Waals surface area contributed by atoms with Crippen LogP contribution in [0.4, 0.5) is 0 Å². The first-order valence-corrected chi connectivity index (χ1v) is 15.0. The molecule has 0 spiro atoms. The summed E-state index contributed by atoms with van der Waals surface area (Å²) in [7, 11) is 1.69. The normalized spacial score (nSPS) is 13.6. The van der Waals surface area contributed by atoms with Gasteiger partial charge in [0.15, 0.2) is 0 Å². The smallest absolute Gasteiger partial charge is 0.223 e. The van der Waals surface area contributed by atoms with Crippen molar-refractivity contribution in [1.29, 1.82) is 0 Å². The Morgan fingerprint density at radius 2 is 1.63 bits per heavy atom. The number of aromatic nitrogens is 2. The van der Waals surface area contributed by atoms with Gasteiger partial charge in [-0.2, -0.15) is 5.10 Å². The van der Waals surface area contributed by atoms with Crippen LogP contribution in [0.2, 0.25) is 0 Å². The predicted molar refractivity (Wildman–Crippen MR) is 157 cm³/mol. The van der Waals surface area contributed by atoms with Crippen LogP contribution in [0.25, 0.3) is 16.9 Å². The molecule has 1 fully saturated rings. The third kappa shape index (κ3) is 8.11. The fourth-order valence-electron chi connectivity index (χ4n) is 5.24. The van der Waals surface area contributed by atoms with Crippen LogP contribution in [0.1, 0.15) is 76.3 Å². The Kier molecular flexibility index (Phi) is 11.1. The molecule has 4 rings (SSSR count). The van der Waals surface area contributed by atoms with Crippen molar-refractivity contribution in [2.24, 2.45) is 11.1 Å². The van der Waals surface area contributed by atoms with Crippen molar-refractivity contribution < 1.29 is 9.53 Å². The molecular formula is C31H42N4O2S. The number of rotatable bonds is 15. The molecule has 0 atom stereocenters. The summed E-state index contributed by atoms with van der Waals surface area (Å²) >= 11 is 1.25. The van der Waals surface area contributed by atoms with Crippen LogP contribution in [0.5, 0.6) is 5.75 Å². The third-order valence-electron chi connectivity index (χ3n) is 7.50. The lowest BCUT2D eigenvalue weighted by Crippen LogP contribution is -2.30. The lowest BCUT2D eigenvalue weighted by Gasteiger charge is -2.10. The average Bonchev–Trinajstić information content (AvgIpc) is 3.65. The number of methoxy groups -OCH3 is 1. The molecule has 1 amide bonds. The molecule has 1 aliphatic carbocycles. The van der Waals surface area contributed by atoms with Gasteiger partial charge in [0.25, 0.3) is 0 Å². The van der Waals surface area contributed by atoms with Crippen molar-refractivity contribution in [2.45, 2.75) is 81.9 Å². The number of amides is 1. The van der Waals surface area contributed by atoms with Gasteiger partial charge in [0.2, 0.25) is 5.91 Å². The molecule has 1 aromatic heterocycles. The highest BCUT2D eigenvalue weighted by Crippen LogP contribution is 2.28. The fraction of sp³-hybridized carbons (Fsp3) is 0.484. The van der Waals surface area contributed by atoms with E-state index >= 15 is 0 Å². The van der Waals surface area contributed by atoms with Gasteiger partial charge in [-0.05, 0) is 98.6 Å². The maximum absolute atomic E-state index is 12.1. The molecule has 7 heteroatoms. The Labute approximate surface area is 231 Å². The van der Waals surface area contributed by atoms with Crippen LogP contribution in [0.3, 0.4) is 0 Å². The van der Waals surface area contributed by atoms with E-state index in [1.165, 1.54) is 56.9 Å². The number of unbranched alkanes of at least 4 members (excludes halogenated alkanes) is 6. The molecule has 0 saturated heterocycles. The number of nitrogens with zero attached hydrogens (tertiary/aromatic N) is 2. The van der Waals surface area contributed by atoms with Gasteiger partial charge in [0.1, 0.15) is 5.75 Å². The molecule has 0 aliphatic heterocycles. The quantitative estimate of drug-likeness (QED) is 0.161. The van der Waals surface area contributed by atoms with Crippen LogP contribution < -0.4 is 15.2 Å². The minimum Gasteiger partial charge on any atom is -0.497 e. The zero-order valence-electron chi connectivity index (χ0n) is 22.7. The maximum Gasteiger partial charge on any atom is 0.223 e. The van der Waals surface area contributed by atoms with E-state index in [0.717, 1.165) is 71.9 Å². The molecule has 1 aliphatic rings. The number of benzene rings is 2. The van der Waals surface area contributed by atoms with Crippen molar-refractivity contribution in [3.05, 3.63) is 60.3 Å². The lowest BCUT2D eigenvalue weighted by atomic mass is 10.1. The number of nitrogens with one attached hydrogen (secondary N) is 1. The monoisotopic (exact) mass is 534 g/mol. The van der Waals surface area contributed by atoms with Crippen molar-refractivity contribution >= 4 is 17.9 Å². The van der Waals surface area contributed by atoms with Crippen molar-refractivity contribution in [2.75, 3.05) is 13.7 Å². The molecule has 3 aromatic rings. The third-order valence-corrected chi connectivity index (χ3v) is 8.04. The van der Waals surface area contributed by atoms with E-state index in [-0.39, 0.29) is 11.8 Å². The molecule has 204 valence electrons. The second-order valence-corrected chi connectivity index (χ2v) is 11.0. The van der Waals surface area contributed by atoms with Gasteiger partial charge < -0.3 is 10.1 Å². The van der Waals surface area contributed by atoms with Gasteiger partial charge in [-0.1, -0.05) is 44.9 Å². The molecule has 6 nitrogen and oxygen atoms in total. The van der Waals surface area contributed by atoms with E-state index in [1.54, 1.807) is 7.11 Å². The topological polar surface area (TPSA) is 82.2 Å². The van der Waals surface area contributed by atoms with E-state index < -0.39 is 0 Å². The first-order valence-electron chi connectivity index (χ1n) is 14.2. The number of hydrogen-bond donors (Lipinski definition) is 2. The average molecular weight is 535 g/mol. The van der Waals surface area contributed by atoms with E-state index in [4.69, 9.17) is 15.0 Å². The highest BCUT2D eigenvalue weighted by atomic mass is 32.2. The predicted octanol–water partition coefficient (Wildman–Crippen LogP) is 7.09. The van der Waals surface area contributed by atoms with Gasteiger partial charge >= 0.3 is 0 Å². The van der Waals surface area contributed by atoms with E-state index in [0.29, 0.717) is 0 Å². The van der Waals surface area contributed by atoms with Crippen LogP contribution >= 0.6 is 11.9 Å². The number of carbonyl (C=O) groups excluding carboxylic acids is 1. The van der Waals surface area contributed by atoms with Gasteiger partial charge in [0, 0.05) is 22.9 Å². The van der Waals surface area contributed by atoms with Crippen LogP contribution in [-0.2, 0) is 11.2 Å². The highest BCUT2D eigenvalue weighted by Gasteiger charge is 2.21. The summed E-state index contributed by atoms with van der Waals surface area (Å²) in [6.07, 6.45) is 13.9. The van der Waals surface area contributed by atoms with E-state index in [9.17, 15) is 4.79 Å². The zero-order chi connectivity index (χ0) is 26.6. The Bertz CT molecular complexity index is 1060. The molecule has 3 N–H and O–H groups in total. The molecular weight excluding hydrogens is 492 g/mol. The van der Waals surface area contributed by atoms with Crippen LogP contribution in [0, 0.1) is 5.92 Å². The SMILES string of the molecule is COc1ccc(-c2cc(CCCCCCCCCNC(=O)C3CCCC3)nn2-c2ccc(SN)cc2)cc1. The molecule has 0 unspecified atom stereocenters. The summed E-state index contributed by atoms with van der Waals surface area (Å²) in [5, 5.41) is 13.8. The second kappa shape index (κ2) is 15.0. The highest BCUT2D eigenvalue weighted by molar-refractivity contribution is 7.97. The Hall–Kier alpha value is -2.77. The number of nitrogens with two attached hydrogens (primary N) is 1. The van der Waals surface area contributed by atoms with Crippen molar-refractivity contribution in [1.82, 2.24) is 15.1 Å². The summed E-state index contributed by atoms with van der Waals surface area (Å²) in [4.78, 5) is 13.1. The Balaban J connectivity index is 1.22. The summed E-state index contributed by atoms with van der Waals surface area (Å²) in [5.74, 6) is 1.41. The molecule has 0 radical (unpaired) electrons. The first kappa shape index (κ1) is 28.2. The van der Waals surface area contributed by atoms with Gasteiger partial charge in [-0.15, -0.1) is 0 Å². The number of ether oxygens (including phenoxy) is 1. The lowest BCUT2D eigenvalue weighted by molar-refractivity contribution is -0.124. The van der Waals surface area contributed by atoms with E-state index in [2.05, 4.69) is 35.6 Å². The van der Waals surface area contributed by atoms with Gasteiger partial charge in [-0.25, -0.2) is 4.68 Å². The van der Waals surface area contributed by atoms with Gasteiger partial charge in [-0.3, -0.25) is 9.93 Å². The number of aryl methyl sites for hydroxylation is 1. The number of carbonyl (C=O) groups is 1. The zero-order valence-corrected chi connectivity index (χ0v) is 23.5. The van der Waals surface area contributed by atoms with Crippen LogP contribution in [0.15, 0.2) is 59.5 Å². The second-order valence-electron chi connectivity index (χ2n) is 10.3. The summed E-state index contributed by atoms with van der Waals surface area (Å²) in [6.45, 7) is 0.836. The van der Waals surface area contributed by atoms with E-state index in [1.807, 2.05) is 28.9 Å². The van der Waals surface area contributed by atoms with Crippen molar-refractivity contribution in [3.8, 4) is 22.7 Å². The van der Waals surface area contributed by atoms with Crippen molar-refractivity contribution in [3.63, 3.8) is 0 Å². The first-order chi connectivity index (χ1) is 18.7. The Morgan fingerprint density at radius 3 is 2.29 bits per heavy atom. The van der Waals surface area contributed by atoms with Crippen LogP contribution in [-0.4, -0.2) is 29.3 Å².